The number of benzene rings is 2. The summed E-state index contributed by atoms with van der Waals surface area (Å²) >= 11 is 6.26. The molecule has 1 saturated heterocycles. The van der Waals surface area contributed by atoms with Gasteiger partial charge in [-0.05, 0) is 48.6 Å². The first kappa shape index (κ1) is 21.4. The Bertz CT molecular complexity index is 1000. The summed E-state index contributed by atoms with van der Waals surface area (Å²) in [6.07, 6.45) is 1.62. The minimum Gasteiger partial charge on any atom is -0.483 e. The van der Waals surface area contributed by atoms with Crippen LogP contribution in [0.3, 0.4) is 0 Å². The third-order valence-corrected chi connectivity index (χ3v) is 6.36. The van der Waals surface area contributed by atoms with Gasteiger partial charge in [0.25, 0.3) is 5.91 Å². The highest BCUT2D eigenvalue weighted by Gasteiger charge is 2.32. The molecule has 1 heterocycles. The number of nitrogens with zero attached hydrogens (tertiary/aromatic N) is 1. The number of rotatable bonds is 5. The van der Waals surface area contributed by atoms with Crippen molar-refractivity contribution in [3.05, 3.63) is 58.6 Å². The predicted molar refractivity (Wildman–Crippen MR) is 119 cm³/mol. The van der Waals surface area contributed by atoms with Gasteiger partial charge in [0, 0.05) is 36.1 Å². The largest absolute Gasteiger partial charge is 0.483 e. The maximum Gasteiger partial charge on any atom is 0.260 e. The molecule has 2 aromatic rings. The molecule has 1 fully saturated rings. The van der Waals surface area contributed by atoms with Crippen LogP contribution in [0.25, 0.3) is 0 Å². The topological polar surface area (TPSA) is 75.7 Å². The molecule has 0 bridgehead atoms. The van der Waals surface area contributed by atoms with Crippen LogP contribution in [0.5, 0.6) is 5.75 Å². The van der Waals surface area contributed by atoms with E-state index in [0.717, 1.165) is 11.3 Å². The standard InChI is InChI=1S/C24H25ClN2O4/c1-15-13-19(28)23-20(8-7-18(25)22(15)23)31-14-21(29)27-11-9-16(10-12-27)24(30)26-17-5-3-2-4-6-17/h2-8,15-16H,9-14H2,1H3,(H,26,30)/t15-/m0/s1. The number of likely N-dealkylation sites (tertiary alicyclic amines) is 1. The number of anilines is 1. The van der Waals surface area contributed by atoms with Gasteiger partial charge in [-0.15, -0.1) is 0 Å². The Hall–Kier alpha value is -2.86. The fourth-order valence-corrected chi connectivity index (χ4v) is 4.68. The molecule has 2 aliphatic rings. The van der Waals surface area contributed by atoms with Crippen LogP contribution in [0.1, 0.15) is 48.0 Å². The number of hydrogen-bond acceptors (Lipinski definition) is 4. The van der Waals surface area contributed by atoms with E-state index < -0.39 is 0 Å². The first-order valence-corrected chi connectivity index (χ1v) is 10.9. The number of Topliss-reactive ketones (excluding diaryl/α,β-unsaturated/α-hetero) is 1. The smallest absolute Gasteiger partial charge is 0.260 e. The second-order valence-electron chi connectivity index (χ2n) is 8.16. The number of para-hydroxylation sites is 1. The lowest BCUT2D eigenvalue weighted by Gasteiger charge is -2.31. The first-order valence-electron chi connectivity index (χ1n) is 10.6. The summed E-state index contributed by atoms with van der Waals surface area (Å²) in [4.78, 5) is 39.2. The van der Waals surface area contributed by atoms with Crippen molar-refractivity contribution in [2.75, 3.05) is 25.0 Å². The first-order chi connectivity index (χ1) is 14.9. The number of halogens is 1. The number of piperidine rings is 1. The van der Waals surface area contributed by atoms with E-state index >= 15 is 0 Å². The molecule has 2 aromatic carbocycles. The maximum absolute atomic E-state index is 12.6. The fraction of sp³-hybridized carbons (Fsp3) is 0.375. The summed E-state index contributed by atoms with van der Waals surface area (Å²) in [6.45, 7) is 2.83. The Morgan fingerprint density at radius 1 is 1.13 bits per heavy atom. The molecule has 162 valence electrons. The van der Waals surface area contributed by atoms with Gasteiger partial charge in [-0.2, -0.15) is 0 Å². The van der Waals surface area contributed by atoms with Crippen molar-refractivity contribution in [1.29, 1.82) is 0 Å². The van der Waals surface area contributed by atoms with Gasteiger partial charge in [-0.25, -0.2) is 0 Å². The van der Waals surface area contributed by atoms with Gasteiger partial charge in [0.15, 0.2) is 12.4 Å². The van der Waals surface area contributed by atoms with Gasteiger partial charge in [-0.3, -0.25) is 14.4 Å². The van der Waals surface area contributed by atoms with Crippen LogP contribution in [0.15, 0.2) is 42.5 Å². The lowest BCUT2D eigenvalue weighted by molar-refractivity contribution is -0.136. The number of amides is 2. The molecule has 4 rings (SSSR count). The van der Waals surface area contributed by atoms with Crippen LogP contribution in [0, 0.1) is 5.92 Å². The Labute approximate surface area is 186 Å². The number of hydrogen-bond donors (Lipinski definition) is 1. The summed E-state index contributed by atoms with van der Waals surface area (Å²) < 4.78 is 5.74. The fourth-order valence-electron chi connectivity index (χ4n) is 4.33. The van der Waals surface area contributed by atoms with E-state index in [4.69, 9.17) is 16.3 Å². The molecule has 0 spiro atoms. The molecule has 1 aliphatic carbocycles. The molecule has 1 aliphatic heterocycles. The van der Waals surface area contributed by atoms with E-state index in [1.54, 1.807) is 17.0 Å². The molecular weight excluding hydrogens is 416 g/mol. The Morgan fingerprint density at radius 2 is 1.84 bits per heavy atom. The summed E-state index contributed by atoms with van der Waals surface area (Å²) in [7, 11) is 0. The number of carbonyl (C=O) groups excluding carboxylic acids is 3. The molecule has 1 N–H and O–H groups in total. The zero-order valence-corrected chi connectivity index (χ0v) is 18.2. The van der Waals surface area contributed by atoms with Crippen molar-refractivity contribution in [2.24, 2.45) is 5.92 Å². The van der Waals surface area contributed by atoms with Crippen LogP contribution in [0.2, 0.25) is 5.02 Å². The summed E-state index contributed by atoms with van der Waals surface area (Å²) in [5.74, 6) is 0.180. The third kappa shape index (κ3) is 4.59. The van der Waals surface area contributed by atoms with Crippen molar-refractivity contribution in [1.82, 2.24) is 4.90 Å². The van der Waals surface area contributed by atoms with Crippen molar-refractivity contribution < 1.29 is 19.1 Å². The van der Waals surface area contributed by atoms with Crippen molar-refractivity contribution in [3.8, 4) is 5.75 Å². The van der Waals surface area contributed by atoms with Gasteiger partial charge in [-0.1, -0.05) is 36.7 Å². The lowest BCUT2D eigenvalue weighted by Crippen LogP contribution is -2.43. The molecule has 0 unspecified atom stereocenters. The molecule has 6 nitrogen and oxygen atoms in total. The van der Waals surface area contributed by atoms with Crippen LogP contribution < -0.4 is 10.1 Å². The average molecular weight is 441 g/mol. The van der Waals surface area contributed by atoms with E-state index in [1.165, 1.54) is 0 Å². The van der Waals surface area contributed by atoms with E-state index in [0.29, 0.717) is 48.7 Å². The van der Waals surface area contributed by atoms with Gasteiger partial charge in [0.05, 0.1) is 5.56 Å². The molecule has 7 heteroatoms. The van der Waals surface area contributed by atoms with Gasteiger partial charge in [0.2, 0.25) is 5.91 Å². The molecule has 0 aromatic heterocycles. The van der Waals surface area contributed by atoms with Crippen molar-refractivity contribution in [3.63, 3.8) is 0 Å². The monoisotopic (exact) mass is 440 g/mol. The molecule has 1 atom stereocenters. The Balaban J connectivity index is 1.30. The molecule has 2 amide bonds. The summed E-state index contributed by atoms with van der Waals surface area (Å²) in [5.41, 5.74) is 2.09. The Morgan fingerprint density at radius 3 is 2.55 bits per heavy atom. The quantitative estimate of drug-likeness (QED) is 0.752. The van der Waals surface area contributed by atoms with E-state index in [2.05, 4.69) is 5.32 Å². The maximum atomic E-state index is 12.6. The highest BCUT2D eigenvalue weighted by Crippen LogP contribution is 2.42. The second-order valence-corrected chi connectivity index (χ2v) is 8.57. The van der Waals surface area contributed by atoms with Crippen LogP contribution in [0.4, 0.5) is 5.69 Å². The average Bonchev–Trinajstić information content (AvgIpc) is 3.09. The van der Waals surface area contributed by atoms with Crippen molar-refractivity contribution >= 4 is 34.9 Å². The Kier molecular flexibility index (Phi) is 6.28. The zero-order chi connectivity index (χ0) is 22.0. The highest BCUT2D eigenvalue weighted by molar-refractivity contribution is 6.32. The van der Waals surface area contributed by atoms with Gasteiger partial charge < -0.3 is 15.0 Å². The van der Waals surface area contributed by atoms with Crippen molar-refractivity contribution in [2.45, 2.75) is 32.1 Å². The van der Waals surface area contributed by atoms with Gasteiger partial charge in [0.1, 0.15) is 5.75 Å². The predicted octanol–water partition coefficient (Wildman–Crippen LogP) is 4.29. The number of ether oxygens (including phenoxy) is 1. The molecular formula is C24H25ClN2O4. The van der Waals surface area contributed by atoms with Crippen LogP contribution >= 0.6 is 11.6 Å². The number of ketones is 1. The molecule has 0 saturated carbocycles. The van der Waals surface area contributed by atoms with E-state index in [-0.39, 0.29) is 36.0 Å². The second kappa shape index (κ2) is 9.10. The summed E-state index contributed by atoms with van der Waals surface area (Å²) in [6, 6.07) is 12.7. The van der Waals surface area contributed by atoms with E-state index in [9.17, 15) is 14.4 Å². The summed E-state index contributed by atoms with van der Waals surface area (Å²) in [5, 5.41) is 3.49. The zero-order valence-electron chi connectivity index (χ0n) is 17.4. The van der Waals surface area contributed by atoms with E-state index in [1.807, 2.05) is 37.3 Å². The van der Waals surface area contributed by atoms with Crippen LogP contribution in [-0.4, -0.2) is 42.2 Å². The molecule has 31 heavy (non-hydrogen) atoms. The van der Waals surface area contributed by atoms with Gasteiger partial charge >= 0.3 is 0 Å². The number of fused-ring (bicyclic) bond motifs is 1. The number of nitrogens with one attached hydrogen (secondary N) is 1. The minimum atomic E-state index is -0.149. The normalized spacial score (nSPS) is 18.6. The number of carbonyl (C=O) groups is 3. The SMILES string of the molecule is C[C@H]1CC(=O)c2c(OCC(=O)N3CCC(C(=O)Nc4ccccc4)CC3)ccc(Cl)c21. The lowest BCUT2D eigenvalue weighted by atomic mass is 9.95. The highest BCUT2D eigenvalue weighted by atomic mass is 35.5. The molecule has 0 radical (unpaired) electrons. The third-order valence-electron chi connectivity index (χ3n) is 6.03. The minimum absolute atomic E-state index is 0.00214. The van der Waals surface area contributed by atoms with Crippen LogP contribution in [-0.2, 0) is 9.59 Å².